The molecule has 0 aromatic rings. The molecule has 2 N–H and O–H groups in total. The zero-order valence-corrected chi connectivity index (χ0v) is 25.1. The monoisotopic (exact) mass is 542 g/mol. The average Bonchev–Trinajstić information content (AvgIpc) is 2.87. The maximum atomic E-state index is 10.5. The van der Waals surface area contributed by atoms with Crippen molar-refractivity contribution in [2.45, 2.75) is 180 Å². The third-order valence-corrected chi connectivity index (χ3v) is 8.51. The lowest BCUT2D eigenvalue weighted by molar-refractivity contribution is -0.138. The number of unbranched alkanes of at least 4 members (excludes halogenated alkanes) is 24. The third-order valence-electron chi connectivity index (χ3n) is 7.36. The van der Waals surface area contributed by atoms with Gasteiger partial charge < -0.3 is 10.2 Å². The molecule has 0 aromatic heterocycles. The molecule has 0 unspecified atom stereocenters. The van der Waals surface area contributed by atoms with Gasteiger partial charge in [0, 0.05) is 12.8 Å². The predicted molar refractivity (Wildman–Crippen MR) is 162 cm³/mol. The Bertz CT molecular complexity index is 441. The van der Waals surface area contributed by atoms with Gasteiger partial charge in [-0.05, 0) is 37.2 Å². The fourth-order valence-corrected chi connectivity index (χ4v) is 5.97. The Morgan fingerprint density at radius 2 is 0.514 bits per heavy atom. The molecule has 37 heavy (non-hydrogen) atoms. The minimum Gasteiger partial charge on any atom is -0.481 e. The first-order chi connectivity index (χ1) is 18.1. The van der Waals surface area contributed by atoms with Crippen LogP contribution in [0.1, 0.15) is 180 Å². The van der Waals surface area contributed by atoms with Gasteiger partial charge in [0.1, 0.15) is 0 Å². The summed E-state index contributed by atoms with van der Waals surface area (Å²) in [6, 6.07) is 0. The van der Waals surface area contributed by atoms with E-state index in [0.717, 1.165) is 25.7 Å². The number of hydrogen-bond acceptors (Lipinski definition) is 3. The van der Waals surface area contributed by atoms with Crippen molar-refractivity contribution >= 4 is 23.7 Å². The van der Waals surface area contributed by atoms with Crippen LogP contribution in [0, 0.1) is 0 Å². The molecule has 0 aliphatic heterocycles. The predicted octanol–water partition coefficient (Wildman–Crippen LogP) is 10.8. The van der Waals surface area contributed by atoms with Crippen LogP contribution in [-0.4, -0.2) is 33.7 Å². The number of rotatable bonds is 32. The van der Waals surface area contributed by atoms with Crippen LogP contribution in [0.4, 0.5) is 0 Å². The molecule has 0 spiro atoms. The van der Waals surface area contributed by atoms with E-state index in [1.807, 2.05) is 0 Å². The highest BCUT2D eigenvalue weighted by Gasteiger charge is 1.99. The highest BCUT2D eigenvalue weighted by molar-refractivity contribution is 7.99. The lowest BCUT2D eigenvalue weighted by Gasteiger charge is -2.04. The summed E-state index contributed by atoms with van der Waals surface area (Å²) in [5.41, 5.74) is 0. The fraction of sp³-hybridized carbons (Fsp3) is 0.938. The molecule has 0 radical (unpaired) electrons. The van der Waals surface area contributed by atoms with E-state index in [0.29, 0.717) is 12.8 Å². The van der Waals surface area contributed by atoms with E-state index in [4.69, 9.17) is 10.2 Å². The molecular formula is C32H62O4S. The van der Waals surface area contributed by atoms with E-state index in [1.165, 1.54) is 153 Å². The van der Waals surface area contributed by atoms with Crippen LogP contribution in [0.25, 0.3) is 0 Å². The summed E-state index contributed by atoms with van der Waals surface area (Å²) in [7, 11) is 0. The molecule has 4 nitrogen and oxygen atoms in total. The Balaban J connectivity index is 3.03. The van der Waals surface area contributed by atoms with Crippen molar-refractivity contribution in [3.63, 3.8) is 0 Å². The van der Waals surface area contributed by atoms with Crippen LogP contribution in [0.15, 0.2) is 0 Å². The Labute approximate surface area is 234 Å². The second-order valence-corrected chi connectivity index (χ2v) is 12.3. The summed E-state index contributed by atoms with van der Waals surface area (Å²) >= 11 is 2.17. The second kappa shape index (κ2) is 31.5. The summed E-state index contributed by atoms with van der Waals surface area (Å²) in [4.78, 5) is 20.9. The summed E-state index contributed by atoms with van der Waals surface area (Å²) in [6.45, 7) is 0. The maximum Gasteiger partial charge on any atom is 0.303 e. The summed E-state index contributed by atoms with van der Waals surface area (Å²) in [5.74, 6) is 1.39. The van der Waals surface area contributed by atoms with Crippen molar-refractivity contribution in [2.24, 2.45) is 0 Å². The Morgan fingerprint density at radius 3 is 0.730 bits per heavy atom. The van der Waals surface area contributed by atoms with Gasteiger partial charge in [0.2, 0.25) is 0 Å². The van der Waals surface area contributed by atoms with Crippen LogP contribution in [0.3, 0.4) is 0 Å². The number of carboxylic acids is 2. The van der Waals surface area contributed by atoms with E-state index in [9.17, 15) is 9.59 Å². The zero-order valence-electron chi connectivity index (χ0n) is 24.3. The molecule has 0 atom stereocenters. The standard InChI is InChI=1S/C32H62O4S/c33-31(34)27-23-19-15-11-7-3-1-5-9-13-17-21-25-29-37-30-26-22-18-14-10-6-2-4-8-12-16-20-24-28-32(35)36/h1-30H2,(H,33,34)(H,35,36). The molecule has 220 valence electrons. The first-order valence-corrected chi connectivity index (χ1v) is 17.3. The second-order valence-electron chi connectivity index (χ2n) is 11.1. The van der Waals surface area contributed by atoms with Gasteiger partial charge >= 0.3 is 11.9 Å². The van der Waals surface area contributed by atoms with Crippen LogP contribution < -0.4 is 0 Å². The van der Waals surface area contributed by atoms with Gasteiger partial charge in [0.05, 0.1) is 0 Å². The Hall–Kier alpha value is -0.710. The zero-order chi connectivity index (χ0) is 27.1. The molecule has 0 heterocycles. The Morgan fingerprint density at radius 1 is 0.324 bits per heavy atom. The molecule has 5 heteroatoms. The van der Waals surface area contributed by atoms with E-state index >= 15 is 0 Å². The van der Waals surface area contributed by atoms with Crippen LogP contribution in [0.2, 0.25) is 0 Å². The van der Waals surface area contributed by atoms with Crippen molar-refractivity contribution in [1.82, 2.24) is 0 Å². The normalized spacial score (nSPS) is 11.2. The largest absolute Gasteiger partial charge is 0.481 e. The Kier molecular flexibility index (Phi) is 30.9. The lowest BCUT2D eigenvalue weighted by atomic mass is 10.0. The van der Waals surface area contributed by atoms with Gasteiger partial charge in [-0.3, -0.25) is 9.59 Å². The van der Waals surface area contributed by atoms with Crippen molar-refractivity contribution in [2.75, 3.05) is 11.5 Å². The van der Waals surface area contributed by atoms with Gasteiger partial charge in [-0.2, -0.15) is 11.8 Å². The van der Waals surface area contributed by atoms with Gasteiger partial charge in [0.15, 0.2) is 0 Å². The molecule has 0 bridgehead atoms. The minimum atomic E-state index is -0.657. The van der Waals surface area contributed by atoms with Crippen molar-refractivity contribution < 1.29 is 19.8 Å². The van der Waals surface area contributed by atoms with Crippen LogP contribution in [0.5, 0.6) is 0 Å². The molecular weight excluding hydrogens is 480 g/mol. The molecule has 0 rings (SSSR count). The molecule has 0 amide bonds. The smallest absolute Gasteiger partial charge is 0.303 e. The molecule has 0 saturated carbocycles. The van der Waals surface area contributed by atoms with Gasteiger partial charge in [-0.1, -0.05) is 141 Å². The quantitative estimate of drug-likeness (QED) is 0.0827. The minimum absolute atomic E-state index is 0.337. The molecule has 0 aliphatic rings. The molecule has 0 fully saturated rings. The van der Waals surface area contributed by atoms with Gasteiger partial charge in [-0.15, -0.1) is 0 Å². The molecule has 0 saturated heterocycles. The first-order valence-electron chi connectivity index (χ1n) is 16.1. The summed E-state index contributed by atoms with van der Waals surface area (Å²) < 4.78 is 0. The first kappa shape index (κ1) is 36.3. The topological polar surface area (TPSA) is 74.6 Å². The number of aliphatic carboxylic acids is 2. The highest BCUT2D eigenvalue weighted by atomic mass is 32.2. The summed E-state index contributed by atoms with van der Waals surface area (Å²) in [5, 5.41) is 17.2. The molecule has 0 aliphatic carbocycles. The SMILES string of the molecule is O=C(O)CCCCCCCCCCCCCCCSCCCCCCCCCCCCCCCC(=O)O. The highest BCUT2D eigenvalue weighted by Crippen LogP contribution is 2.16. The maximum absolute atomic E-state index is 10.5. The van der Waals surface area contributed by atoms with E-state index in [2.05, 4.69) is 11.8 Å². The fourth-order valence-electron chi connectivity index (χ4n) is 4.95. The third kappa shape index (κ3) is 35.3. The molecule has 0 aromatic carbocycles. The van der Waals surface area contributed by atoms with Crippen LogP contribution in [-0.2, 0) is 9.59 Å². The average molecular weight is 543 g/mol. The van der Waals surface area contributed by atoms with E-state index in [1.54, 1.807) is 0 Å². The van der Waals surface area contributed by atoms with Crippen molar-refractivity contribution in [3.05, 3.63) is 0 Å². The number of carboxylic acid groups (broad SMARTS) is 2. The van der Waals surface area contributed by atoms with Crippen molar-refractivity contribution in [1.29, 1.82) is 0 Å². The van der Waals surface area contributed by atoms with Gasteiger partial charge in [0.25, 0.3) is 0 Å². The van der Waals surface area contributed by atoms with Gasteiger partial charge in [-0.25, -0.2) is 0 Å². The van der Waals surface area contributed by atoms with Crippen molar-refractivity contribution in [3.8, 4) is 0 Å². The summed E-state index contributed by atoms with van der Waals surface area (Å²) in [6.07, 6.45) is 34.5. The number of carbonyl (C=O) groups is 2. The van der Waals surface area contributed by atoms with E-state index in [-0.39, 0.29) is 0 Å². The van der Waals surface area contributed by atoms with Crippen LogP contribution >= 0.6 is 11.8 Å². The lowest BCUT2D eigenvalue weighted by Crippen LogP contribution is -1.93. The van der Waals surface area contributed by atoms with E-state index < -0.39 is 11.9 Å². The number of hydrogen-bond donors (Lipinski definition) is 2. The number of thioether (sulfide) groups is 1.